The largest absolute Gasteiger partial charge is 0.464 e. The summed E-state index contributed by atoms with van der Waals surface area (Å²) in [6.07, 6.45) is 1.46. The molecule has 0 aliphatic rings. The fourth-order valence-corrected chi connectivity index (χ4v) is 1.76. The van der Waals surface area contributed by atoms with Crippen molar-refractivity contribution in [3.63, 3.8) is 0 Å². The van der Waals surface area contributed by atoms with Gasteiger partial charge >= 0.3 is 0 Å². The Hall–Kier alpha value is -0.990. The summed E-state index contributed by atoms with van der Waals surface area (Å²) in [5.41, 5.74) is 0.237. The molecule has 4 heteroatoms. The minimum Gasteiger partial charge on any atom is -0.464 e. The molecule has 0 N–H and O–H groups in total. The van der Waals surface area contributed by atoms with E-state index in [1.165, 1.54) is 18.4 Å². The lowest BCUT2D eigenvalue weighted by Crippen LogP contribution is -1.84. The highest BCUT2D eigenvalue weighted by Gasteiger charge is 2.13. The van der Waals surface area contributed by atoms with E-state index in [4.69, 9.17) is 27.6 Å². The molecule has 1 aromatic heterocycles. The number of rotatable bonds is 1. The molecule has 0 amide bonds. The van der Waals surface area contributed by atoms with Gasteiger partial charge in [-0.25, -0.2) is 4.39 Å². The number of halogens is 3. The Bertz CT molecular complexity index is 428. The van der Waals surface area contributed by atoms with Crippen LogP contribution in [0.1, 0.15) is 0 Å². The van der Waals surface area contributed by atoms with E-state index >= 15 is 0 Å². The molecule has 72 valence electrons. The van der Waals surface area contributed by atoms with Crippen LogP contribution < -0.4 is 0 Å². The number of benzene rings is 1. The fourth-order valence-electron chi connectivity index (χ4n) is 1.20. The molecule has 0 fully saturated rings. The molecule has 1 heterocycles. The van der Waals surface area contributed by atoms with Gasteiger partial charge in [-0.1, -0.05) is 23.2 Å². The van der Waals surface area contributed by atoms with Crippen molar-refractivity contribution >= 4 is 23.2 Å². The van der Waals surface area contributed by atoms with Gasteiger partial charge in [-0.2, -0.15) is 0 Å². The molecule has 14 heavy (non-hydrogen) atoms. The third-order valence-corrected chi connectivity index (χ3v) is 2.29. The maximum absolute atomic E-state index is 13.4. The smallest absolute Gasteiger partial charge is 0.138 e. The molecule has 1 aromatic carbocycles. The number of hydrogen-bond acceptors (Lipinski definition) is 1. The van der Waals surface area contributed by atoms with E-state index in [9.17, 15) is 4.39 Å². The van der Waals surface area contributed by atoms with Crippen molar-refractivity contribution in [3.8, 4) is 11.3 Å². The molecule has 0 radical (unpaired) electrons. The first-order valence-electron chi connectivity index (χ1n) is 3.87. The van der Waals surface area contributed by atoms with E-state index in [1.54, 1.807) is 12.1 Å². The van der Waals surface area contributed by atoms with Gasteiger partial charge in [0.15, 0.2) is 0 Å². The van der Waals surface area contributed by atoms with Crippen molar-refractivity contribution in [1.29, 1.82) is 0 Å². The summed E-state index contributed by atoms with van der Waals surface area (Å²) in [7, 11) is 0. The van der Waals surface area contributed by atoms with Gasteiger partial charge in [-0.15, -0.1) is 0 Å². The van der Waals surface area contributed by atoms with Gasteiger partial charge in [0.1, 0.15) is 11.6 Å². The highest BCUT2D eigenvalue weighted by molar-refractivity contribution is 6.36. The van der Waals surface area contributed by atoms with Crippen molar-refractivity contribution in [2.24, 2.45) is 0 Å². The molecule has 0 saturated heterocycles. The van der Waals surface area contributed by atoms with Gasteiger partial charge < -0.3 is 4.42 Å². The van der Waals surface area contributed by atoms with Gasteiger partial charge in [0, 0.05) is 5.02 Å². The van der Waals surface area contributed by atoms with Crippen LogP contribution in [0.5, 0.6) is 0 Å². The number of furan rings is 1. The first-order valence-corrected chi connectivity index (χ1v) is 4.62. The van der Waals surface area contributed by atoms with E-state index in [-0.39, 0.29) is 15.6 Å². The first-order chi connectivity index (χ1) is 6.68. The second kappa shape index (κ2) is 3.64. The van der Waals surface area contributed by atoms with Gasteiger partial charge in [0.25, 0.3) is 0 Å². The van der Waals surface area contributed by atoms with Crippen molar-refractivity contribution < 1.29 is 8.81 Å². The van der Waals surface area contributed by atoms with Crippen LogP contribution in [-0.4, -0.2) is 0 Å². The molecule has 0 aliphatic heterocycles. The lowest BCUT2D eigenvalue weighted by Gasteiger charge is -2.02. The van der Waals surface area contributed by atoms with E-state index in [1.807, 2.05) is 0 Å². The van der Waals surface area contributed by atoms with Crippen molar-refractivity contribution in [2.45, 2.75) is 0 Å². The molecule has 0 atom stereocenters. The van der Waals surface area contributed by atoms with Crippen LogP contribution in [-0.2, 0) is 0 Å². The van der Waals surface area contributed by atoms with Crippen LogP contribution in [0, 0.1) is 5.82 Å². The molecular formula is C10H5Cl2FO. The number of hydrogen-bond donors (Lipinski definition) is 0. The standard InChI is InChI=1S/C10H5Cl2FO/c11-6-4-7(12)10(8(13)5-6)9-2-1-3-14-9/h1-5H. The van der Waals surface area contributed by atoms with Crippen LogP contribution in [0.15, 0.2) is 34.9 Å². The van der Waals surface area contributed by atoms with E-state index < -0.39 is 5.82 Å². The Labute approximate surface area is 90.1 Å². The van der Waals surface area contributed by atoms with Crippen LogP contribution in [0.25, 0.3) is 11.3 Å². The average molecular weight is 231 g/mol. The average Bonchev–Trinajstić information content (AvgIpc) is 2.54. The van der Waals surface area contributed by atoms with Crippen LogP contribution in [0.3, 0.4) is 0 Å². The highest BCUT2D eigenvalue weighted by atomic mass is 35.5. The Morgan fingerprint density at radius 2 is 2.00 bits per heavy atom. The van der Waals surface area contributed by atoms with Gasteiger partial charge in [0.2, 0.25) is 0 Å². The van der Waals surface area contributed by atoms with Gasteiger partial charge in [-0.3, -0.25) is 0 Å². The Morgan fingerprint density at radius 1 is 1.21 bits per heavy atom. The third-order valence-electron chi connectivity index (χ3n) is 1.77. The van der Waals surface area contributed by atoms with Crippen LogP contribution in [0.2, 0.25) is 10.0 Å². The summed E-state index contributed by atoms with van der Waals surface area (Å²) in [5.74, 6) is -0.0957. The van der Waals surface area contributed by atoms with Crippen molar-refractivity contribution in [2.75, 3.05) is 0 Å². The molecule has 0 bridgehead atoms. The molecule has 0 aliphatic carbocycles. The summed E-state index contributed by atoms with van der Waals surface area (Å²) in [4.78, 5) is 0. The SMILES string of the molecule is Fc1cc(Cl)cc(Cl)c1-c1ccco1. The molecular weight excluding hydrogens is 226 g/mol. The molecule has 0 spiro atoms. The predicted molar refractivity (Wildman–Crippen MR) is 54.1 cm³/mol. The molecule has 2 rings (SSSR count). The Balaban J connectivity index is 2.64. The monoisotopic (exact) mass is 230 g/mol. The molecule has 0 unspecified atom stereocenters. The Morgan fingerprint density at radius 3 is 2.57 bits per heavy atom. The zero-order valence-electron chi connectivity index (χ0n) is 6.93. The molecule has 0 saturated carbocycles. The summed E-state index contributed by atoms with van der Waals surface area (Å²) >= 11 is 11.5. The minimum atomic E-state index is -0.488. The summed E-state index contributed by atoms with van der Waals surface area (Å²) in [5, 5.41) is 0.507. The second-order valence-corrected chi connectivity index (χ2v) is 3.57. The normalized spacial score (nSPS) is 10.5. The topological polar surface area (TPSA) is 13.1 Å². The summed E-state index contributed by atoms with van der Waals surface area (Å²) in [6, 6.07) is 5.98. The van der Waals surface area contributed by atoms with Crippen molar-refractivity contribution in [3.05, 3.63) is 46.4 Å². The maximum Gasteiger partial charge on any atom is 0.138 e. The zero-order valence-corrected chi connectivity index (χ0v) is 8.44. The molecule has 1 nitrogen and oxygen atoms in total. The third kappa shape index (κ3) is 1.63. The summed E-state index contributed by atoms with van der Waals surface area (Å²) < 4.78 is 18.5. The molecule has 2 aromatic rings. The lowest BCUT2D eigenvalue weighted by atomic mass is 10.1. The highest BCUT2D eigenvalue weighted by Crippen LogP contribution is 2.33. The van der Waals surface area contributed by atoms with E-state index in [2.05, 4.69) is 0 Å². The van der Waals surface area contributed by atoms with E-state index in [0.29, 0.717) is 5.76 Å². The predicted octanol–water partition coefficient (Wildman–Crippen LogP) is 4.39. The van der Waals surface area contributed by atoms with Crippen LogP contribution in [0.4, 0.5) is 4.39 Å². The Kier molecular flexibility index (Phi) is 2.48. The van der Waals surface area contributed by atoms with Gasteiger partial charge in [0.05, 0.1) is 16.8 Å². The quantitative estimate of drug-likeness (QED) is 0.709. The van der Waals surface area contributed by atoms with Gasteiger partial charge in [-0.05, 0) is 24.3 Å². The second-order valence-electron chi connectivity index (χ2n) is 2.72. The lowest BCUT2D eigenvalue weighted by molar-refractivity contribution is 0.569. The van der Waals surface area contributed by atoms with Crippen LogP contribution >= 0.6 is 23.2 Å². The first kappa shape index (κ1) is 9.56. The summed E-state index contributed by atoms with van der Waals surface area (Å²) in [6.45, 7) is 0. The zero-order chi connectivity index (χ0) is 10.1. The minimum absolute atomic E-state index is 0.237. The maximum atomic E-state index is 13.4. The van der Waals surface area contributed by atoms with E-state index in [0.717, 1.165) is 0 Å². The fraction of sp³-hybridized carbons (Fsp3) is 0. The van der Waals surface area contributed by atoms with Crippen molar-refractivity contribution in [1.82, 2.24) is 0 Å².